The SMILES string of the molecule is COc1ccc2sc3ncc(C(=O)O)c(=O)n3c2c1. The average Bonchev–Trinajstić information content (AvgIpc) is 2.76. The number of rotatable bonds is 2. The van der Waals surface area contributed by atoms with Crippen LogP contribution in [0.3, 0.4) is 0 Å². The number of aromatic nitrogens is 2. The summed E-state index contributed by atoms with van der Waals surface area (Å²) in [7, 11) is 1.53. The molecule has 0 aliphatic carbocycles. The lowest BCUT2D eigenvalue weighted by molar-refractivity contribution is 0.0694. The van der Waals surface area contributed by atoms with Gasteiger partial charge in [0, 0.05) is 6.07 Å². The number of fused-ring (bicyclic) bond motifs is 3. The van der Waals surface area contributed by atoms with Crippen molar-refractivity contribution in [3.63, 3.8) is 0 Å². The first-order valence-electron chi connectivity index (χ1n) is 5.33. The topological polar surface area (TPSA) is 80.9 Å². The average molecular weight is 276 g/mol. The van der Waals surface area contributed by atoms with Gasteiger partial charge in [0.1, 0.15) is 11.3 Å². The molecule has 2 aromatic heterocycles. The van der Waals surface area contributed by atoms with Gasteiger partial charge in [-0.05, 0) is 12.1 Å². The molecule has 0 atom stereocenters. The monoisotopic (exact) mass is 276 g/mol. The number of thiazole rings is 1. The standard InChI is InChI=1S/C12H8N2O4S/c1-18-6-2-3-9-8(4-6)14-10(15)7(11(16)17)5-13-12(14)19-9/h2-5H,1H3,(H,16,17). The molecule has 3 aromatic rings. The molecule has 0 radical (unpaired) electrons. The van der Waals surface area contributed by atoms with Gasteiger partial charge in [0.2, 0.25) is 0 Å². The van der Waals surface area contributed by atoms with Crippen LogP contribution in [0.15, 0.2) is 29.2 Å². The summed E-state index contributed by atoms with van der Waals surface area (Å²) < 4.78 is 7.25. The van der Waals surface area contributed by atoms with E-state index in [1.165, 1.54) is 22.8 Å². The van der Waals surface area contributed by atoms with Crippen LogP contribution in [0.2, 0.25) is 0 Å². The molecular formula is C12H8N2O4S. The summed E-state index contributed by atoms with van der Waals surface area (Å²) in [6.45, 7) is 0. The van der Waals surface area contributed by atoms with Crippen LogP contribution in [0.5, 0.6) is 5.75 Å². The van der Waals surface area contributed by atoms with Crippen molar-refractivity contribution in [1.29, 1.82) is 0 Å². The Morgan fingerprint density at radius 1 is 1.47 bits per heavy atom. The Balaban J connectivity index is 2.49. The molecule has 2 heterocycles. The maximum Gasteiger partial charge on any atom is 0.342 e. The van der Waals surface area contributed by atoms with Crippen molar-refractivity contribution < 1.29 is 14.6 Å². The first kappa shape index (κ1) is 11.7. The van der Waals surface area contributed by atoms with Crippen molar-refractivity contribution in [3.8, 4) is 5.75 Å². The largest absolute Gasteiger partial charge is 0.497 e. The summed E-state index contributed by atoms with van der Waals surface area (Å²) in [5.74, 6) is -0.686. The van der Waals surface area contributed by atoms with Crippen LogP contribution >= 0.6 is 11.3 Å². The first-order valence-corrected chi connectivity index (χ1v) is 6.15. The number of aromatic carboxylic acids is 1. The Morgan fingerprint density at radius 2 is 2.26 bits per heavy atom. The number of carboxylic acid groups (broad SMARTS) is 1. The second kappa shape index (κ2) is 4.06. The zero-order valence-electron chi connectivity index (χ0n) is 9.78. The molecule has 1 aromatic carbocycles. The molecule has 0 spiro atoms. The van der Waals surface area contributed by atoms with Gasteiger partial charge in [0.15, 0.2) is 4.96 Å². The van der Waals surface area contributed by atoms with Gasteiger partial charge in [-0.3, -0.25) is 9.20 Å². The zero-order valence-corrected chi connectivity index (χ0v) is 10.6. The Morgan fingerprint density at radius 3 is 2.95 bits per heavy atom. The first-order chi connectivity index (χ1) is 9.11. The van der Waals surface area contributed by atoms with Gasteiger partial charge in [0.05, 0.1) is 23.5 Å². The highest BCUT2D eigenvalue weighted by Crippen LogP contribution is 2.27. The van der Waals surface area contributed by atoms with Crippen LogP contribution in [0.1, 0.15) is 10.4 Å². The van der Waals surface area contributed by atoms with E-state index in [0.717, 1.165) is 10.9 Å². The van der Waals surface area contributed by atoms with Gasteiger partial charge in [0.25, 0.3) is 5.56 Å². The van der Waals surface area contributed by atoms with E-state index >= 15 is 0 Å². The molecule has 1 N–H and O–H groups in total. The van der Waals surface area contributed by atoms with E-state index in [1.54, 1.807) is 12.1 Å². The fourth-order valence-electron chi connectivity index (χ4n) is 1.85. The number of carboxylic acids is 1. The predicted octanol–water partition coefficient (Wildman–Crippen LogP) is 1.62. The minimum atomic E-state index is -1.28. The van der Waals surface area contributed by atoms with Crippen molar-refractivity contribution in [1.82, 2.24) is 9.38 Å². The van der Waals surface area contributed by atoms with E-state index in [4.69, 9.17) is 9.84 Å². The van der Waals surface area contributed by atoms with Crippen LogP contribution in [-0.2, 0) is 0 Å². The number of carbonyl (C=O) groups is 1. The molecule has 96 valence electrons. The summed E-state index contributed by atoms with van der Waals surface area (Å²) in [5, 5.41) is 8.96. The van der Waals surface area contributed by atoms with Crippen LogP contribution in [0, 0.1) is 0 Å². The maximum absolute atomic E-state index is 12.2. The van der Waals surface area contributed by atoms with Crippen LogP contribution in [0.25, 0.3) is 15.2 Å². The van der Waals surface area contributed by atoms with Crippen molar-refractivity contribution >= 4 is 32.5 Å². The minimum Gasteiger partial charge on any atom is -0.497 e. The van der Waals surface area contributed by atoms with E-state index < -0.39 is 11.5 Å². The molecule has 0 bridgehead atoms. The Bertz CT molecular complexity index is 865. The maximum atomic E-state index is 12.2. The third-order valence-electron chi connectivity index (χ3n) is 2.77. The lowest BCUT2D eigenvalue weighted by Crippen LogP contribution is -2.21. The molecular weight excluding hydrogens is 268 g/mol. The highest BCUT2D eigenvalue weighted by molar-refractivity contribution is 7.23. The summed E-state index contributed by atoms with van der Waals surface area (Å²) in [4.78, 5) is 27.6. The lowest BCUT2D eigenvalue weighted by atomic mass is 10.3. The van der Waals surface area contributed by atoms with Crippen molar-refractivity contribution in [2.75, 3.05) is 7.11 Å². The molecule has 0 saturated carbocycles. The summed E-state index contributed by atoms with van der Waals surface area (Å²) in [6, 6.07) is 5.28. The fourth-order valence-corrected chi connectivity index (χ4v) is 2.82. The Labute approximate surface area is 110 Å². The Kier molecular flexibility index (Phi) is 2.49. The van der Waals surface area contributed by atoms with E-state index in [2.05, 4.69) is 4.98 Å². The number of ether oxygens (including phenoxy) is 1. The molecule has 0 saturated heterocycles. The fraction of sp³-hybridized carbons (Fsp3) is 0.0833. The van der Waals surface area contributed by atoms with Gasteiger partial charge in [-0.1, -0.05) is 11.3 Å². The van der Waals surface area contributed by atoms with E-state index in [1.807, 2.05) is 6.07 Å². The molecule has 0 unspecified atom stereocenters. The second-order valence-electron chi connectivity index (χ2n) is 3.84. The number of hydrogen-bond donors (Lipinski definition) is 1. The summed E-state index contributed by atoms with van der Waals surface area (Å²) in [6.07, 6.45) is 1.09. The number of hydrogen-bond acceptors (Lipinski definition) is 5. The normalized spacial score (nSPS) is 11.0. The van der Waals surface area contributed by atoms with Crippen LogP contribution in [-0.4, -0.2) is 27.6 Å². The third-order valence-corrected chi connectivity index (χ3v) is 3.80. The predicted molar refractivity (Wildman–Crippen MR) is 70.4 cm³/mol. The molecule has 0 aliphatic rings. The molecule has 0 amide bonds. The number of methoxy groups -OCH3 is 1. The zero-order chi connectivity index (χ0) is 13.6. The number of benzene rings is 1. The second-order valence-corrected chi connectivity index (χ2v) is 4.84. The van der Waals surface area contributed by atoms with Gasteiger partial charge in [-0.25, -0.2) is 9.78 Å². The minimum absolute atomic E-state index is 0.347. The van der Waals surface area contributed by atoms with E-state index in [-0.39, 0.29) is 5.56 Å². The Hall–Kier alpha value is -2.41. The van der Waals surface area contributed by atoms with Crippen LogP contribution < -0.4 is 10.3 Å². The van der Waals surface area contributed by atoms with Crippen LogP contribution in [0.4, 0.5) is 0 Å². The van der Waals surface area contributed by atoms with Crippen molar-refractivity contribution in [3.05, 3.63) is 40.3 Å². The van der Waals surface area contributed by atoms with Crippen molar-refractivity contribution in [2.45, 2.75) is 0 Å². The molecule has 19 heavy (non-hydrogen) atoms. The lowest BCUT2D eigenvalue weighted by Gasteiger charge is -2.00. The van der Waals surface area contributed by atoms with Gasteiger partial charge >= 0.3 is 5.97 Å². The number of nitrogens with zero attached hydrogens (tertiary/aromatic N) is 2. The summed E-state index contributed by atoms with van der Waals surface area (Å²) >= 11 is 1.32. The van der Waals surface area contributed by atoms with Gasteiger partial charge in [-0.2, -0.15) is 0 Å². The molecule has 0 fully saturated rings. The smallest absolute Gasteiger partial charge is 0.342 e. The van der Waals surface area contributed by atoms with E-state index in [0.29, 0.717) is 16.2 Å². The quantitative estimate of drug-likeness (QED) is 0.769. The molecule has 7 heteroatoms. The van der Waals surface area contributed by atoms with Gasteiger partial charge < -0.3 is 9.84 Å². The highest BCUT2D eigenvalue weighted by atomic mass is 32.1. The van der Waals surface area contributed by atoms with E-state index in [9.17, 15) is 9.59 Å². The molecule has 3 rings (SSSR count). The molecule has 0 aliphatic heterocycles. The molecule has 6 nitrogen and oxygen atoms in total. The summed E-state index contributed by atoms with van der Waals surface area (Å²) in [5.41, 5.74) is -0.336. The van der Waals surface area contributed by atoms with Gasteiger partial charge in [-0.15, -0.1) is 0 Å². The van der Waals surface area contributed by atoms with Crippen molar-refractivity contribution in [2.24, 2.45) is 0 Å². The third kappa shape index (κ3) is 1.66. The highest BCUT2D eigenvalue weighted by Gasteiger charge is 2.15.